The fourth-order valence-electron chi connectivity index (χ4n) is 4.12. The maximum absolute atomic E-state index is 12.5. The first-order valence-electron chi connectivity index (χ1n) is 9.71. The molecule has 4 rings (SSSR count). The maximum Gasteiger partial charge on any atom is 0.317 e. The maximum atomic E-state index is 12.5. The molecule has 144 valence electrons. The quantitative estimate of drug-likeness (QED) is 0.751. The van der Waals surface area contributed by atoms with Gasteiger partial charge in [-0.25, -0.2) is 4.79 Å². The fraction of sp³-hybridized carbons (Fsp3) is 0.500. The summed E-state index contributed by atoms with van der Waals surface area (Å²) in [4.78, 5) is 29.7. The molecule has 0 spiro atoms. The van der Waals surface area contributed by atoms with Gasteiger partial charge in [-0.05, 0) is 31.0 Å². The molecule has 0 saturated heterocycles. The van der Waals surface area contributed by atoms with Crippen molar-refractivity contribution in [3.63, 3.8) is 0 Å². The summed E-state index contributed by atoms with van der Waals surface area (Å²) in [6.45, 7) is 1.57. The van der Waals surface area contributed by atoms with E-state index in [0.29, 0.717) is 37.1 Å². The molecule has 1 aromatic heterocycles. The van der Waals surface area contributed by atoms with E-state index >= 15 is 0 Å². The predicted octanol–water partition coefficient (Wildman–Crippen LogP) is 3.34. The summed E-state index contributed by atoms with van der Waals surface area (Å²) in [6.07, 6.45) is 5.64. The molecule has 2 aliphatic rings. The van der Waals surface area contributed by atoms with E-state index in [1.165, 1.54) is 18.5 Å². The SMILES string of the molecule is O=C(CCNC(=O)N1CCc2[nH]c3ccc(Cl)cc3c2C1)NC1CCCC1. The number of halogens is 1. The number of carbonyl (C=O) groups is 2. The van der Waals surface area contributed by atoms with Gasteiger partial charge in [-0.15, -0.1) is 0 Å². The Morgan fingerprint density at radius 1 is 1.26 bits per heavy atom. The lowest BCUT2D eigenvalue weighted by Gasteiger charge is -2.27. The number of hydrogen-bond donors (Lipinski definition) is 3. The zero-order valence-electron chi connectivity index (χ0n) is 15.3. The minimum absolute atomic E-state index is 0.0226. The van der Waals surface area contributed by atoms with E-state index < -0.39 is 0 Å². The minimum atomic E-state index is -0.120. The van der Waals surface area contributed by atoms with Gasteiger partial charge in [0, 0.05) is 65.7 Å². The molecule has 2 heterocycles. The van der Waals surface area contributed by atoms with Crippen molar-refractivity contribution in [2.75, 3.05) is 13.1 Å². The van der Waals surface area contributed by atoms with Crippen molar-refractivity contribution in [3.8, 4) is 0 Å². The number of aromatic nitrogens is 1. The highest BCUT2D eigenvalue weighted by atomic mass is 35.5. The normalized spacial score (nSPS) is 17.1. The Morgan fingerprint density at radius 3 is 2.89 bits per heavy atom. The number of aromatic amines is 1. The van der Waals surface area contributed by atoms with Gasteiger partial charge in [-0.1, -0.05) is 24.4 Å². The smallest absolute Gasteiger partial charge is 0.317 e. The number of hydrogen-bond acceptors (Lipinski definition) is 2. The van der Waals surface area contributed by atoms with Gasteiger partial charge >= 0.3 is 6.03 Å². The fourth-order valence-corrected chi connectivity index (χ4v) is 4.30. The van der Waals surface area contributed by atoms with E-state index in [1.54, 1.807) is 4.90 Å². The number of H-pyrrole nitrogens is 1. The summed E-state index contributed by atoms with van der Waals surface area (Å²) in [5, 5.41) is 7.70. The molecule has 0 atom stereocenters. The largest absolute Gasteiger partial charge is 0.358 e. The van der Waals surface area contributed by atoms with Crippen LogP contribution < -0.4 is 10.6 Å². The molecule has 2 aromatic rings. The highest BCUT2D eigenvalue weighted by Crippen LogP contribution is 2.29. The molecule has 1 aliphatic carbocycles. The Labute approximate surface area is 163 Å². The number of fused-ring (bicyclic) bond motifs is 3. The van der Waals surface area contributed by atoms with Crippen molar-refractivity contribution in [2.24, 2.45) is 0 Å². The summed E-state index contributed by atoms with van der Waals surface area (Å²) in [6, 6.07) is 5.99. The molecule has 0 radical (unpaired) electrons. The Hall–Kier alpha value is -2.21. The molecule has 0 unspecified atom stereocenters. The van der Waals surface area contributed by atoms with Crippen LogP contribution in [-0.4, -0.2) is 41.0 Å². The van der Waals surface area contributed by atoms with E-state index in [-0.39, 0.29) is 11.9 Å². The molecule has 1 saturated carbocycles. The predicted molar refractivity (Wildman–Crippen MR) is 106 cm³/mol. The summed E-state index contributed by atoms with van der Waals surface area (Å²) in [5.74, 6) is 0.0226. The zero-order valence-corrected chi connectivity index (χ0v) is 16.1. The van der Waals surface area contributed by atoms with Gasteiger partial charge in [-0.2, -0.15) is 0 Å². The lowest BCUT2D eigenvalue weighted by Crippen LogP contribution is -2.44. The first kappa shape index (κ1) is 18.2. The highest BCUT2D eigenvalue weighted by Gasteiger charge is 2.24. The van der Waals surface area contributed by atoms with Crippen LogP contribution in [0.15, 0.2) is 18.2 Å². The molecule has 1 aliphatic heterocycles. The lowest BCUT2D eigenvalue weighted by atomic mass is 10.0. The van der Waals surface area contributed by atoms with E-state index in [2.05, 4.69) is 15.6 Å². The molecule has 6 nitrogen and oxygen atoms in total. The topological polar surface area (TPSA) is 77.2 Å². The minimum Gasteiger partial charge on any atom is -0.358 e. The average Bonchev–Trinajstić information content (AvgIpc) is 3.28. The molecule has 27 heavy (non-hydrogen) atoms. The van der Waals surface area contributed by atoms with Crippen molar-refractivity contribution in [2.45, 2.75) is 51.1 Å². The van der Waals surface area contributed by atoms with Gasteiger partial charge in [0.05, 0.1) is 0 Å². The number of benzene rings is 1. The molecule has 7 heteroatoms. The Kier molecular flexibility index (Phi) is 5.25. The second kappa shape index (κ2) is 7.80. The molecular weight excluding hydrogens is 364 g/mol. The number of urea groups is 1. The highest BCUT2D eigenvalue weighted by molar-refractivity contribution is 6.31. The van der Waals surface area contributed by atoms with Crippen LogP contribution in [0.5, 0.6) is 0 Å². The Morgan fingerprint density at radius 2 is 2.07 bits per heavy atom. The van der Waals surface area contributed by atoms with Crippen LogP contribution in [0.2, 0.25) is 5.02 Å². The number of carbonyl (C=O) groups excluding carboxylic acids is 2. The van der Waals surface area contributed by atoms with Crippen LogP contribution >= 0.6 is 11.6 Å². The van der Waals surface area contributed by atoms with Crippen LogP contribution in [0.25, 0.3) is 10.9 Å². The van der Waals surface area contributed by atoms with Crippen LogP contribution in [0.1, 0.15) is 43.4 Å². The van der Waals surface area contributed by atoms with Gasteiger partial charge in [0.15, 0.2) is 0 Å². The van der Waals surface area contributed by atoms with Crippen molar-refractivity contribution in [3.05, 3.63) is 34.5 Å². The van der Waals surface area contributed by atoms with Gasteiger partial charge in [0.1, 0.15) is 0 Å². The second-order valence-corrected chi connectivity index (χ2v) is 7.91. The number of rotatable bonds is 4. The Bertz CT molecular complexity index is 857. The summed E-state index contributed by atoms with van der Waals surface area (Å²) in [5.41, 5.74) is 3.36. The summed E-state index contributed by atoms with van der Waals surface area (Å²) in [7, 11) is 0. The van der Waals surface area contributed by atoms with E-state index in [1.807, 2.05) is 18.2 Å². The van der Waals surface area contributed by atoms with Gasteiger partial charge in [0.25, 0.3) is 0 Å². The van der Waals surface area contributed by atoms with Crippen LogP contribution in [0.4, 0.5) is 4.79 Å². The first-order chi connectivity index (χ1) is 13.1. The summed E-state index contributed by atoms with van der Waals surface area (Å²) < 4.78 is 0. The second-order valence-electron chi connectivity index (χ2n) is 7.47. The van der Waals surface area contributed by atoms with Crippen LogP contribution in [0, 0.1) is 0 Å². The molecule has 1 aromatic carbocycles. The monoisotopic (exact) mass is 388 g/mol. The molecular formula is C20H25ClN4O2. The number of nitrogens with zero attached hydrogens (tertiary/aromatic N) is 1. The lowest BCUT2D eigenvalue weighted by molar-refractivity contribution is -0.121. The molecule has 3 amide bonds. The van der Waals surface area contributed by atoms with Crippen LogP contribution in [-0.2, 0) is 17.8 Å². The molecule has 3 N–H and O–H groups in total. The third kappa shape index (κ3) is 4.05. The van der Waals surface area contributed by atoms with Gasteiger partial charge < -0.3 is 20.5 Å². The zero-order chi connectivity index (χ0) is 18.8. The third-order valence-corrected chi connectivity index (χ3v) is 5.81. The van der Waals surface area contributed by atoms with E-state index in [4.69, 9.17) is 11.6 Å². The van der Waals surface area contributed by atoms with Crippen molar-refractivity contribution in [1.82, 2.24) is 20.5 Å². The van der Waals surface area contributed by atoms with E-state index in [9.17, 15) is 9.59 Å². The Balaban J connectivity index is 1.30. The number of nitrogens with one attached hydrogen (secondary N) is 3. The third-order valence-electron chi connectivity index (χ3n) is 5.57. The van der Waals surface area contributed by atoms with Crippen molar-refractivity contribution < 1.29 is 9.59 Å². The van der Waals surface area contributed by atoms with Gasteiger partial charge in [0.2, 0.25) is 5.91 Å². The first-order valence-corrected chi connectivity index (χ1v) is 10.1. The van der Waals surface area contributed by atoms with Gasteiger partial charge in [-0.3, -0.25) is 4.79 Å². The summed E-state index contributed by atoms with van der Waals surface area (Å²) >= 11 is 6.13. The van der Waals surface area contributed by atoms with Crippen molar-refractivity contribution >= 4 is 34.4 Å². The molecule has 0 bridgehead atoms. The standard InChI is InChI=1S/C20H25ClN4O2/c21-13-5-6-17-15(11-13)16-12-25(10-8-18(16)24-17)20(27)22-9-7-19(26)23-14-3-1-2-4-14/h5-6,11,14,24H,1-4,7-10,12H2,(H,22,27)(H,23,26). The van der Waals surface area contributed by atoms with Crippen LogP contribution in [0.3, 0.4) is 0 Å². The number of amides is 3. The average molecular weight is 389 g/mol. The van der Waals surface area contributed by atoms with Crippen molar-refractivity contribution in [1.29, 1.82) is 0 Å². The van der Waals surface area contributed by atoms with E-state index in [0.717, 1.165) is 35.7 Å². The molecule has 1 fully saturated rings.